The van der Waals surface area contributed by atoms with Crippen LogP contribution >= 0.6 is 11.8 Å². The number of carbonyl (C=O) groups excluding carboxylic acids is 1. The number of nitrogens with zero attached hydrogens (tertiary/aromatic N) is 2. The maximum atomic E-state index is 12.9. The van der Waals surface area contributed by atoms with Gasteiger partial charge in [-0.15, -0.1) is 0 Å². The Labute approximate surface area is 188 Å². The Hall–Kier alpha value is -1.58. The maximum Gasteiger partial charge on any atom is 0.257 e. The van der Waals surface area contributed by atoms with E-state index in [1.807, 2.05) is 0 Å². The van der Waals surface area contributed by atoms with E-state index in [2.05, 4.69) is 24.1 Å². The van der Waals surface area contributed by atoms with E-state index in [-0.39, 0.29) is 22.6 Å². The van der Waals surface area contributed by atoms with E-state index in [0.717, 1.165) is 32.1 Å². The molecule has 31 heavy (non-hydrogen) atoms. The predicted molar refractivity (Wildman–Crippen MR) is 121 cm³/mol. The van der Waals surface area contributed by atoms with Gasteiger partial charge in [-0.2, -0.15) is 4.31 Å². The number of sulfonamides is 1. The van der Waals surface area contributed by atoms with Crippen molar-refractivity contribution in [2.75, 3.05) is 18.8 Å². The minimum absolute atomic E-state index is 0.0217. The SMILES string of the molecule is C[C@H]1[C@H](C)CCC[C@H]1NC(=O)CSc1nc2cc(S(=O)(=O)N3CCCCC3)ccc2o1. The van der Waals surface area contributed by atoms with Gasteiger partial charge in [-0.1, -0.05) is 44.9 Å². The highest BCUT2D eigenvalue weighted by Gasteiger charge is 2.29. The second-order valence-electron chi connectivity index (χ2n) is 8.80. The lowest BCUT2D eigenvalue weighted by Crippen LogP contribution is -2.44. The minimum atomic E-state index is -3.52. The van der Waals surface area contributed by atoms with Gasteiger partial charge in [0.1, 0.15) is 5.52 Å². The molecule has 2 aliphatic rings. The third-order valence-electron chi connectivity index (χ3n) is 6.67. The topological polar surface area (TPSA) is 92.5 Å². The van der Waals surface area contributed by atoms with Crippen molar-refractivity contribution in [1.82, 2.24) is 14.6 Å². The Morgan fingerprint density at radius 2 is 1.97 bits per heavy atom. The summed E-state index contributed by atoms with van der Waals surface area (Å²) in [5.41, 5.74) is 1.02. The van der Waals surface area contributed by atoms with Gasteiger partial charge < -0.3 is 9.73 Å². The van der Waals surface area contributed by atoms with Gasteiger partial charge in [0.15, 0.2) is 5.58 Å². The molecule has 0 radical (unpaired) electrons. The van der Waals surface area contributed by atoms with Crippen LogP contribution in [0, 0.1) is 11.8 Å². The molecule has 1 aromatic heterocycles. The molecule has 0 bridgehead atoms. The number of aromatic nitrogens is 1. The fourth-order valence-corrected chi connectivity index (χ4v) is 6.71. The molecule has 1 saturated heterocycles. The maximum absolute atomic E-state index is 12.9. The van der Waals surface area contributed by atoms with Crippen molar-refractivity contribution < 1.29 is 17.6 Å². The zero-order valence-corrected chi connectivity index (χ0v) is 19.8. The standard InChI is InChI=1S/C22H31N3O4S2/c1-15-7-6-8-18(16(15)2)23-21(26)14-30-22-24-19-13-17(9-10-20(19)29-22)31(27,28)25-11-4-3-5-12-25/h9-10,13,15-16,18H,3-8,11-12,14H2,1-2H3,(H,23,26)/t15-,16+,18-/m1/s1. The number of thioether (sulfide) groups is 1. The van der Waals surface area contributed by atoms with Crippen molar-refractivity contribution in [2.24, 2.45) is 11.8 Å². The summed E-state index contributed by atoms with van der Waals surface area (Å²) in [6.45, 7) is 5.58. The Morgan fingerprint density at radius 1 is 1.19 bits per heavy atom. The number of hydrogen-bond acceptors (Lipinski definition) is 6. The van der Waals surface area contributed by atoms with Crippen LogP contribution in [0.5, 0.6) is 0 Å². The lowest BCUT2D eigenvalue weighted by atomic mass is 9.78. The quantitative estimate of drug-likeness (QED) is 0.648. The molecule has 1 saturated carbocycles. The number of amides is 1. The molecule has 3 atom stereocenters. The highest BCUT2D eigenvalue weighted by molar-refractivity contribution is 7.99. The Kier molecular flexibility index (Phi) is 6.93. The summed E-state index contributed by atoms with van der Waals surface area (Å²) in [7, 11) is -3.52. The first-order valence-electron chi connectivity index (χ1n) is 11.2. The number of nitrogens with one attached hydrogen (secondary N) is 1. The van der Waals surface area contributed by atoms with E-state index in [0.29, 0.717) is 41.2 Å². The highest BCUT2D eigenvalue weighted by atomic mass is 32.2. The molecule has 170 valence electrons. The monoisotopic (exact) mass is 465 g/mol. The van der Waals surface area contributed by atoms with Crippen molar-refractivity contribution in [3.8, 4) is 0 Å². The van der Waals surface area contributed by atoms with Gasteiger partial charge in [-0.25, -0.2) is 13.4 Å². The third-order valence-corrected chi connectivity index (χ3v) is 9.39. The molecule has 2 aromatic rings. The summed E-state index contributed by atoms with van der Waals surface area (Å²) >= 11 is 1.24. The van der Waals surface area contributed by atoms with Crippen LogP contribution in [0.2, 0.25) is 0 Å². The Bertz CT molecular complexity index is 1030. The Balaban J connectivity index is 1.39. The van der Waals surface area contributed by atoms with Crippen LogP contribution in [0.25, 0.3) is 11.1 Å². The first-order chi connectivity index (χ1) is 14.8. The minimum Gasteiger partial charge on any atom is -0.431 e. The molecule has 0 spiro atoms. The van der Waals surface area contributed by atoms with Crippen LogP contribution in [-0.2, 0) is 14.8 Å². The molecule has 1 aliphatic heterocycles. The van der Waals surface area contributed by atoms with E-state index in [9.17, 15) is 13.2 Å². The molecule has 1 aliphatic carbocycles. The van der Waals surface area contributed by atoms with Crippen molar-refractivity contribution in [3.05, 3.63) is 18.2 Å². The summed E-state index contributed by atoms with van der Waals surface area (Å²) in [5.74, 6) is 1.31. The van der Waals surface area contributed by atoms with Crippen molar-refractivity contribution in [2.45, 2.75) is 68.5 Å². The summed E-state index contributed by atoms with van der Waals surface area (Å²) in [6.07, 6.45) is 6.26. The van der Waals surface area contributed by atoms with Gasteiger partial charge in [0, 0.05) is 19.1 Å². The van der Waals surface area contributed by atoms with Gasteiger partial charge in [-0.05, 0) is 49.3 Å². The highest BCUT2D eigenvalue weighted by Crippen LogP contribution is 2.30. The smallest absolute Gasteiger partial charge is 0.257 e. The molecule has 9 heteroatoms. The van der Waals surface area contributed by atoms with Crippen molar-refractivity contribution in [1.29, 1.82) is 0 Å². The van der Waals surface area contributed by atoms with E-state index >= 15 is 0 Å². The van der Waals surface area contributed by atoms with E-state index in [4.69, 9.17) is 4.42 Å². The lowest BCUT2D eigenvalue weighted by Gasteiger charge is -2.34. The molecule has 2 fully saturated rings. The molecule has 1 aromatic carbocycles. The second kappa shape index (κ2) is 9.50. The van der Waals surface area contributed by atoms with Crippen LogP contribution in [-0.4, -0.2) is 48.5 Å². The molecular formula is C22H31N3O4S2. The average molecular weight is 466 g/mol. The average Bonchev–Trinajstić information content (AvgIpc) is 3.18. The summed E-state index contributed by atoms with van der Waals surface area (Å²) in [4.78, 5) is 17.1. The largest absolute Gasteiger partial charge is 0.431 e. The number of fused-ring (bicyclic) bond motifs is 1. The predicted octanol–water partition coefficient (Wildman–Crippen LogP) is 4.04. The third kappa shape index (κ3) is 5.09. The summed E-state index contributed by atoms with van der Waals surface area (Å²) in [6, 6.07) is 5.01. The number of benzene rings is 1. The molecule has 1 amide bonds. The number of carbonyl (C=O) groups is 1. The van der Waals surface area contributed by atoms with Crippen LogP contribution in [0.4, 0.5) is 0 Å². The number of oxazole rings is 1. The van der Waals surface area contributed by atoms with E-state index in [1.165, 1.54) is 18.2 Å². The van der Waals surface area contributed by atoms with Gasteiger partial charge in [0.25, 0.3) is 5.22 Å². The Morgan fingerprint density at radius 3 is 2.74 bits per heavy atom. The van der Waals surface area contributed by atoms with Gasteiger partial charge in [-0.3, -0.25) is 4.79 Å². The number of piperidine rings is 1. The van der Waals surface area contributed by atoms with Crippen LogP contribution in [0.3, 0.4) is 0 Å². The molecule has 2 heterocycles. The molecule has 7 nitrogen and oxygen atoms in total. The van der Waals surface area contributed by atoms with Crippen LogP contribution < -0.4 is 5.32 Å². The van der Waals surface area contributed by atoms with E-state index < -0.39 is 10.0 Å². The zero-order chi connectivity index (χ0) is 22.0. The molecule has 1 N–H and O–H groups in total. The summed E-state index contributed by atoms with van der Waals surface area (Å²) in [5, 5.41) is 3.53. The van der Waals surface area contributed by atoms with Gasteiger partial charge in [0.05, 0.1) is 10.6 Å². The molecule has 0 unspecified atom stereocenters. The number of hydrogen-bond donors (Lipinski definition) is 1. The van der Waals surface area contributed by atoms with Gasteiger partial charge >= 0.3 is 0 Å². The van der Waals surface area contributed by atoms with E-state index in [1.54, 1.807) is 22.5 Å². The van der Waals surface area contributed by atoms with Crippen molar-refractivity contribution in [3.63, 3.8) is 0 Å². The van der Waals surface area contributed by atoms with Crippen molar-refractivity contribution >= 4 is 38.8 Å². The molecular weight excluding hydrogens is 434 g/mol. The first kappa shape index (κ1) is 22.6. The normalized spacial score (nSPS) is 25.5. The molecule has 4 rings (SSSR count). The summed E-state index contributed by atoms with van der Waals surface area (Å²) < 4.78 is 33.1. The van der Waals surface area contributed by atoms with Gasteiger partial charge in [0.2, 0.25) is 15.9 Å². The lowest BCUT2D eigenvalue weighted by molar-refractivity contribution is -0.120. The zero-order valence-electron chi connectivity index (χ0n) is 18.2. The van der Waals surface area contributed by atoms with Crippen LogP contribution in [0.1, 0.15) is 52.4 Å². The number of rotatable bonds is 6. The second-order valence-corrected chi connectivity index (χ2v) is 11.7. The fourth-order valence-electron chi connectivity index (χ4n) is 4.52. The first-order valence-corrected chi connectivity index (χ1v) is 13.6. The van der Waals surface area contributed by atoms with Crippen LogP contribution in [0.15, 0.2) is 32.7 Å². The fraction of sp³-hybridized carbons (Fsp3) is 0.636.